The molecule has 0 aliphatic carbocycles. The highest BCUT2D eigenvalue weighted by molar-refractivity contribution is 6.32. The maximum atomic E-state index is 12.7. The molecule has 0 saturated carbocycles. The monoisotopic (exact) mass is 504 g/mol. The minimum atomic E-state index is -0.212. The van der Waals surface area contributed by atoms with Crippen molar-refractivity contribution >= 4 is 45.6 Å². The van der Waals surface area contributed by atoms with Crippen molar-refractivity contribution in [2.24, 2.45) is 0 Å². The van der Waals surface area contributed by atoms with E-state index in [1.165, 1.54) is 6.33 Å². The van der Waals surface area contributed by atoms with E-state index in [1.54, 1.807) is 31.5 Å². The lowest BCUT2D eigenvalue weighted by molar-refractivity contribution is -0.117. The number of carbonyl (C=O) groups is 1. The van der Waals surface area contributed by atoms with Crippen molar-refractivity contribution in [1.82, 2.24) is 20.3 Å². The Bertz CT molecular complexity index is 1380. The van der Waals surface area contributed by atoms with Gasteiger partial charge in [-0.2, -0.15) is 0 Å². The highest BCUT2D eigenvalue weighted by Gasteiger charge is 2.23. The summed E-state index contributed by atoms with van der Waals surface area (Å²) in [6, 6.07) is 14.4. The van der Waals surface area contributed by atoms with E-state index in [4.69, 9.17) is 21.1 Å². The second-order valence-corrected chi connectivity index (χ2v) is 8.72. The van der Waals surface area contributed by atoms with E-state index in [0.717, 1.165) is 36.2 Å². The zero-order chi connectivity index (χ0) is 24.9. The first-order valence-corrected chi connectivity index (χ1v) is 11.9. The molecule has 3 N–H and O–H groups in total. The first-order chi connectivity index (χ1) is 17.6. The van der Waals surface area contributed by atoms with E-state index in [9.17, 15) is 4.79 Å². The number of amides is 1. The van der Waals surface area contributed by atoms with Gasteiger partial charge < -0.3 is 25.4 Å². The number of halogens is 1. The van der Waals surface area contributed by atoms with Crippen LogP contribution < -0.4 is 25.4 Å². The van der Waals surface area contributed by atoms with Gasteiger partial charge in [-0.15, -0.1) is 0 Å². The topological polar surface area (TPSA) is 110 Å². The van der Waals surface area contributed by atoms with E-state index >= 15 is 0 Å². The average Bonchev–Trinajstić information content (AvgIpc) is 3.44. The highest BCUT2D eigenvalue weighted by Crippen LogP contribution is 2.35. The molecule has 1 aliphatic rings. The Balaban J connectivity index is 1.37. The molecule has 5 rings (SSSR count). The molecular weight excluding hydrogens is 480 g/mol. The number of fused-ring (bicyclic) bond motifs is 1. The molecule has 10 heteroatoms. The number of rotatable bonds is 8. The van der Waals surface area contributed by atoms with Crippen LogP contribution in [-0.4, -0.2) is 40.6 Å². The Kier molecular flexibility index (Phi) is 7.11. The smallest absolute Gasteiger partial charge is 0.241 e. The minimum Gasteiger partial charge on any atom is -0.494 e. The van der Waals surface area contributed by atoms with Gasteiger partial charge in [0.15, 0.2) is 0 Å². The number of hydrogen-bond acceptors (Lipinski definition) is 8. The normalized spacial score (nSPS) is 15.0. The van der Waals surface area contributed by atoms with Crippen molar-refractivity contribution in [2.75, 3.05) is 24.3 Å². The molecule has 184 valence electrons. The SMILES string of the molecule is COc1cc2ncnc(Nc3ccc(OCc4ccccn4)c(Cl)c3)c2cc1NC(=O)[C@H]1CCCN1. The van der Waals surface area contributed by atoms with Crippen LogP contribution in [0.15, 0.2) is 61.1 Å². The maximum Gasteiger partial charge on any atom is 0.241 e. The van der Waals surface area contributed by atoms with Gasteiger partial charge in [-0.3, -0.25) is 9.78 Å². The van der Waals surface area contributed by atoms with Gasteiger partial charge in [-0.1, -0.05) is 17.7 Å². The largest absolute Gasteiger partial charge is 0.494 e. The van der Waals surface area contributed by atoms with Crippen molar-refractivity contribution in [3.63, 3.8) is 0 Å². The molecule has 1 amide bonds. The zero-order valence-corrected chi connectivity index (χ0v) is 20.4. The molecule has 0 radical (unpaired) electrons. The van der Waals surface area contributed by atoms with Gasteiger partial charge in [0, 0.05) is 23.3 Å². The lowest BCUT2D eigenvalue weighted by atomic mass is 10.1. The molecule has 2 aromatic carbocycles. The second-order valence-electron chi connectivity index (χ2n) is 8.31. The van der Waals surface area contributed by atoms with Crippen molar-refractivity contribution in [2.45, 2.75) is 25.5 Å². The van der Waals surface area contributed by atoms with Gasteiger partial charge in [-0.25, -0.2) is 9.97 Å². The molecule has 1 saturated heterocycles. The molecular formula is C26H25ClN6O3. The average molecular weight is 505 g/mol. The maximum absolute atomic E-state index is 12.7. The molecule has 4 aromatic rings. The predicted molar refractivity (Wildman–Crippen MR) is 139 cm³/mol. The number of hydrogen-bond donors (Lipinski definition) is 3. The summed E-state index contributed by atoms with van der Waals surface area (Å²) in [6.07, 6.45) is 4.97. The molecule has 0 spiro atoms. The third-order valence-corrected chi connectivity index (χ3v) is 6.18. The quantitative estimate of drug-likeness (QED) is 0.317. The number of nitrogens with zero attached hydrogens (tertiary/aromatic N) is 3. The van der Waals surface area contributed by atoms with Crippen LogP contribution in [0.1, 0.15) is 18.5 Å². The molecule has 9 nitrogen and oxygen atoms in total. The fraction of sp³-hybridized carbons (Fsp3) is 0.231. The lowest BCUT2D eigenvalue weighted by Gasteiger charge is -2.16. The van der Waals surface area contributed by atoms with E-state index in [0.29, 0.717) is 40.2 Å². The third-order valence-electron chi connectivity index (χ3n) is 5.89. The number of pyridine rings is 1. The summed E-state index contributed by atoms with van der Waals surface area (Å²) >= 11 is 6.48. The van der Waals surface area contributed by atoms with Crippen LogP contribution in [0.2, 0.25) is 5.02 Å². The number of carbonyl (C=O) groups excluding carboxylic acids is 1. The first-order valence-electron chi connectivity index (χ1n) is 11.6. The summed E-state index contributed by atoms with van der Waals surface area (Å²) in [7, 11) is 1.56. The summed E-state index contributed by atoms with van der Waals surface area (Å²) < 4.78 is 11.3. The van der Waals surface area contributed by atoms with Crippen LogP contribution in [0.5, 0.6) is 11.5 Å². The number of anilines is 3. The van der Waals surface area contributed by atoms with E-state index in [-0.39, 0.29) is 11.9 Å². The van der Waals surface area contributed by atoms with Crippen molar-refractivity contribution in [3.05, 3.63) is 71.8 Å². The van der Waals surface area contributed by atoms with Crippen LogP contribution in [-0.2, 0) is 11.4 Å². The fourth-order valence-electron chi connectivity index (χ4n) is 4.05. The number of benzene rings is 2. The Labute approximate surface area is 213 Å². The molecule has 1 aliphatic heterocycles. The van der Waals surface area contributed by atoms with Crippen LogP contribution in [0.25, 0.3) is 10.9 Å². The van der Waals surface area contributed by atoms with Crippen molar-refractivity contribution < 1.29 is 14.3 Å². The number of methoxy groups -OCH3 is 1. The number of ether oxygens (including phenoxy) is 2. The zero-order valence-electron chi connectivity index (χ0n) is 19.6. The molecule has 3 heterocycles. The molecule has 36 heavy (non-hydrogen) atoms. The lowest BCUT2D eigenvalue weighted by Crippen LogP contribution is -2.35. The minimum absolute atomic E-state index is 0.0930. The van der Waals surface area contributed by atoms with E-state index in [1.807, 2.05) is 30.3 Å². The second kappa shape index (κ2) is 10.8. The summed E-state index contributed by atoms with van der Waals surface area (Å²) in [5, 5.41) is 10.7. The number of aromatic nitrogens is 3. The van der Waals surface area contributed by atoms with E-state index < -0.39 is 0 Å². The number of nitrogens with one attached hydrogen (secondary N) is 3. The van der Waals surface area contributed by atoms with Gasteiger partial charge in [0.25, 0.3) is 0 Å². The van der Waals surface area contributed by atoms with Gasteiger partial charge in [0.2, 0.25) is 5.91 Å². The summed E-state index contributed by atoms with van der Waals surface area (Å²) in [5.74, 6) is 1.55. The Morgan fingerprint density at radius 1 is 1.14 bits per heavy atom. The van der Waals surface area contributed by atoms with Gasteiger partial charge in [-0.05, 0) is 55.8 Å². The molecule has 0 bridgehead atoms. The predicted octanol–water partition coefficient (Wildman–Crippen LogP) is 4.70. The van der Waals surface area contributed by atoms with Gasteiger partial charge in [0.1, 0.15) is 30.3 Å². The van der Waals surface area contributed by atoms with E-state index in [2.05, 4.69) is 30.9 Å². The van der Waals surface area contributed by atoms with Gasteiger partial charge in [0.05, 0.1) is 35.1 Å². The van der Waals surface area contributed by atoms with Crippen molar-refractivity contribution in [1.29, 1.82) is 0 Å². The third kappa shape index (κ3) is 5.32. The molecule has 2 aromatic heterocycles. The highest BCUT2D eigenvalue weighted by atomic mass is 35.5. The van der Waals surface area contributed by atoms with Gasteiger partial charge >= 0.3 is 0 Å². The fourth-order valence-corrected chi connectivity index (χ4v) is 4.28. The summed E-state index contributed by atoms with van der Waals surface area (Å²) in [6.45, 7) is 1.15. The van der Waals surface area contributed by atoms with Crippen LogP contribution >= 0.6 is 11.6 Å². The van der Waals surface area contributed by atoms with Crippen LogP contribution in [0.3, 0.4) is 0 Å². The Morgan fingerprint density at radius 3 is 2.81 bits per heavy atom. The standard InChI is InChI=1S/C26H25ClN6O3/c1-35-24-13-21-18(12-22(24)33-26(34)20-6-4-10-29-20)25(31-15-30-21)32-16-7-8-23(19(27)11-16)36-14-17-5-2-3-9-28-17/h2-3,5,7-9,11-13,15,20,29H,4,6,10,14H2,1H3,(H,33,34)(H,30,31,32)/t20-/m1/s1. The Hall–Kier alpha value is -3.95. The molecule has 0 unspecified atom stereocenters. The Morgan fingerprint density at radius 2 is 2.06 bits per heavy atom. The van der Waals surface area contributed by atoms with Crippen molar-refractivity contribution in [3.8, 4) is 11.5 Å². The molecule has 1 fully saturated rings. The summed E-state index contributed by atoms with van der Waals surface area (Å²) in [4.78, 5) is 25.7. The first kappa shape index (κ1) is 23.8. The van der Waals surface area contributed by atoms with Crippen LogP contribution in [0.4, 0.5) is 17.2 Å². The summed E-state index contributed by atoms with van der Waals surface area (Å²) in [5.41, 5.74) is 2.76. The van der Waals surface area contributed by atoms with Crippen LogP contribution in [0, 0.1) is 0 Å². The molecule has 1 atom stereocenters.